The van der Waals surface area contributed by atoms with E-state index in [1.807, 2.05) is 0 Å². The van der Waals surface area contributed by atoms with Crippen molar-refractivity contribution in [2.75, 3.05) is 7.11 Å². The highest BCUT2D eigenvalue weighted by molar-refractivity contribution is 9.10. The number of esters is 1. The van der Waals surface area contributed by atoms with Gasteiger partial charge >= 0.3 is 5.97 Å². The average Bonchev–Trinajstić information content (AvgIpc) is 2.44. The lowest BCUT2D eigenvalue weighted by Crippen LogP contribution is -2.28. The van der Waals surface area contributed by atoms with Crippen molar-refractivity contribution < 1.29 is 18.7 Å². The van der Waals surface area contributed by atoms with Crippen LogP contribution in [0.5, 0.6) is 5.75 Å². The molecule has 0 saturated heterocycles. The van der Waals surface area contributed by atoms with E-state index >= 15 is 0 Å². The summed E-state index contributed by atoms with van der Waals surface area (Å²) in [7, 11) is 1.27. The van der Waals surface area contributed by atoms with Crippen LogP contribution in [0.2, 0.25) is 0 Å². The van der Waals surface area contributed by atoms with Crippen LogP contribution in [-0.2, 0) is 9.53 Å². The summed E-state index contributed by atoms with van der Waals surface area (Å²) in [5, 5.41) is 0.718. The highest BCUT2D eigenvalue weighted by Gasteiger charge is 2.20. The Morgan fingerprint density at radius 2 is 2.20 bits per heavy atom. The van der Waals surface area contributed by atoms with Crippen LogP contribution >= 0.6 is 15.9 Å². The van der Waals surface area contributed by atoms with Crippen molar-refractivity contribution in [1.29, 1.82) is 0 Å². The molecule has 106 valence electrons. The molecule has 1 aromatic heterocycles. The SMILES string of the molecule is CCC(Oc1cc2cc(Br)cnc2cc1F)C(=O)OC. The van der Waals surface area contributed by atoms with Crippen LogP contribution in [0.1, 0.15) is 13.3 Å². The molecule has 0 saturated carbocycles. The summed E-state index contributed by atoms with van der Waals surface area (Å²) < 4.78 is 24.8. The van der Waals surface area contributed by atoms with E-state index in [0.29, 0.717) is 11.9 Å². The monoisotopic (exact) mass is 341 g/mol. The smallest absolute Gasteiger partial charge is 0.347 e. The number of ether oxygens (including phenoxy) is 2. The third-order valence-electron chi connectivity index (χ3n) is 2.81. The topological polar surface area (TPSA) is 48.4 Å². The summed E-state index contributed by atoms with van der Waals surface area (Å²) in [6, 6.07) is 4.60. The second kappa shape index (κ2) is 6.17. The zero-order chi connectivity index (χ0) is 14.7. The van der Waals surface area contributed by atoms with Crippen molar-refractivity contribution in [2.45, 2.75) is 19.4 Å². The standard InChI is InChI=1S/C14H13BrFNO3/c1-3-12(14(18)19-2)20-13-5-8-4-9(15)7-17-11(8)6-10(13)16/h4-7,12H,3H2,1-2H3. The van der Waals surface area contributed by atoms with E-state index in [-0.39, 0.29) is 5.75 Å². The maximum atomic E-state index is 14.0. The number of benzene rings is 1. The Kier molecular flexibility index (Phi) is 4.54. The summed E-state index contributed by atoms with van der Waals surface area (Å²) in [6.45, 7) is 1.76. The van der Waals surface area contributed by atoms with Crippen molar-refractivity contribution in [2.24, 2.45) is 0 Å². The molecule has 0 N–H and O–H groups in total. The summed E-state index contributed by atoms with van der Waals surface area (Å²) >= 11 is 3.30. The van der Waals surface area contributed by atoms with Crippen molar-refractivity contribution in [3.8, 4) is 5.75 Å². The molecule has 0 radical (unpaired) electrons. The van der Waals surface area contributed by atoms with Gasteiger partial charge in [0.05, 0.1) is 12.6 Å². The van der Waals surface area contributed by atoms with E-state index in [2.05, 4.69) is 25.7 Å². The molecule has 1 atom stereocenters. The fourth-order valence-electron chi connectivity index (χ4n) is 1.78. The van der Waals surface area contributed by atoms with Crippen molar-refractivity contribution in [3.05, 3.63) is 34.7 Å². The molecule has 1 unspecified atom stereocenters. The van der Waals surface area contributed by atoms with Gasteiger partial charge in [-0.05, 0) is 34.5 Å². The molecule has 0 aliphatic carbocycles. The van der Waals surface area contributed by atoms with E-state index in [9.17, 15) is 9.18 Å². The van der Waals surface area contributed by atoms with E-state index < -0.39 is 17.9 Å². The summed E-state index contributed by atoms with van der Waals surface area (Å²) in [5.41, 5.74) is 0.518. The maximum Gasteiger partial charge on any atom is 0.347 e. The van der Waals surface area contributed by atoms with Crippen molar-refractivity contribution >= 4 is 32.8 Å². The lowest BCUT2D eigenvalue weighted by Gasteiger charge is -2.16. The van der Waals surface area contributed by atoms with Crippen LogP contribution < -0.4 is 4.74 Å². The van der Waals surface area contributed by atoms with Gasteiger partial charge in [-0.2, -0.15) is 0 Å². The van der Waals surface area contributed by atoms with Crippen LogP contribution in [-0.4, -0.2) is 24.2 Å². The first-order valence-electron chi connectivity index (χ1n) is 6.04. The first-order valence-corrected chi connectivity index (χ1v) is 6.83. The third-order valence-corrected chi connectivity index (χ3v) is 3.24. The number of pyridine rings is 1. The molecular weight excluding hydrogens is 329 g/mol. The molecule has 0 fully saturated rings. The van der Waals surface area contributed by atoms with Gasteiger partial charge in [-0.1, -0.05) is 6.92 Å². The average molecular weight is 342 g/mol. The summed E-state index contributed by atoms with van der Waals surface area (Å²) in [4.78, 5) is 15.6. The number of hydrogen-bond donors (Lipinski definition) is 0. The van der Waals surface area contributed by atoms with Crippen molar-refractivity contribution in [3.63, 3.8) is 0 Å². The molecule has 2 rings (SSSR count). The van der Waals surface area contributed by atoms with E-state index in [4.69, 9.17) is 4.74 Å². The third kappa shape index (κ3) is 3.07. The zero-order valence-electron chi connectivity index (χ0n) is 11.0. The Hall–Kier alpha value is -1.69. The lowest BCUT2D eigenvalue weighted by atomic mass is 10.2. The van der Waals surface area contributed by atoms with Gasteiger partial charge in [0.15, 0.2) is 17.7 Å². The van der Waals surface area contributed by atoms with Gasteiger partial charge in [0.1, 0.15) is 0 Å². The van der Waals surface area contributed by atoms with Gasteiger partial charge in [0, 0.05) is 22.1 Å². The molecule has 0 bridgehead atoms. The molecule has 0 spiro atoms. The van der Waals surface area contributed by atoms with E-state index in [0.717, 1.165) is 9.86 Å². The minimum absolute atomic E-state index is 0.00894. The second-order valence-corrected chi connectivity index (χ2v) is 5.08. The molecular formula is C14H13BrFNO3. The highest BCUT2D eigenvalue weighted by atomic mass is 79.9. The fourth-order valence-corrected chi connectivity index (χ4v) is 2.13. The number of fused-ring (bicyclic) bond motifs is 1. The Labute approximate surface area is 124 Å². The van der Waals surface area contributed by atoms with E-state index in [1.54, 1.807) is 19.2 Å². The number of aromatic nitrogens is 1. The molecule has 2 aromatic rings. The maximum absolute atomic E-state index is 14.0. The number of hydrogen-bond acceptors (Lipinski definition) is 4. The minimum Gasteiger partial charge on any atom is -0.476 e. The highest BCUT2D eigenvalue weighted by Crippen LogP contribution is 2.27. The van der Waals surface area contributed by atoms with Crippen LogP contribution in [0.25, 0.3) is 10.9 Å². The molecule has 1 heterocycles. The van der Waals surface area contributed by atoms with Gasteiger partial charge in [-0.25, -0.2) is 9.18 Å². The van der Waals surface area contributed by atoms with Crippen LogP contribution in [0.4, 0.5) is 4.39 Å². The molecule has 0 aliphatic rings. The van der Waals surface area contributed by atoms with Gasteiger partial charge < -0.3 is 9.47 Å². The molecule has 0 aliphatic heterocycles. The van der Waals surface area contributed by atoms with Gasteiger partial charge in [0.25, 0.3) is 0 Å². The predicted octanol–water partition coefficient (Wildman–Crippen LogP) is 3.47. The summed E-state index contributed by atoms with van der Waals surface area (Å²) in [5.74, 6) is -1.08. The first-order chi connectivity index (χ1) is 9.55. The molecule has 20 heavy (non-hydrogen) atoms. The number of carbonyl (C=O) groups excluding carboxylic acids is 1. The molecule has 4 nitrogen and oxygen atoms in total. The van der Waals surface area contributed by atoms with Crippen molar-refractivity contribution in [1.82, 2.24) is 4.98 Å². The molecule has 0 amide bonds. The van der Waals surface area contributed by atoms with Gasteiger partial charge in [-0.3, -0.25) is 4.98 Å². The number of nitrogens with zero attached hydrogens (tertiary/aromatic N) is 1. The van der Waals surface area contributed by atoms with Gasteiger partial charge in [0.2, 0.25) is 0 Å². The quantitative estimate of drug-likeness (QED) is 0.799. The predicted molar refractivity (Wildman–Crippen MR) is 76.1 cm³/mol. The number of halogens is 2. The van der Waals surface area contributed by atoms with E-state index in [1.165, 1.54) is 19.2 Å². The lowest BCUT2D eigenvalue weighted by molar-refractivity contribution is -0.149. The Morgan fingerprint density at radius 1 is 1.45 bits per heavy atom. The zero-order valence-corrected chi connectivity index (χ0v) is 12.6. The fraction of sp³-hybridized carbons (Fsp3) is 0.286. The number of carbonyl (C=O) groups is 1. The molecule has 6 heteroatoms. The Bertz CT molecular complexity index is 648. The van der Waals surface area contributed by atoms with Crippen LogP contribution in [0.3, 0.4) is 0 Å². The summed E-state index contributed by atoms with van der Waals surface area (Å²) in [6.07, 6.45) is 1.15. The largest absolute Gasteiger partial charge is 0.476 e. The normalized spacial score (nSPS) is 12.2. The number of methoxy groups -OCH3 is 1. The van der Waals surface area contributed by atoms with Gasteiger partial charge in [-0.15, -0.1) is 0 Å². The minimum atomic E-state index is -0.827. The molecule has 1 aromatic carbocycles. The Balaban J connectivity index is 2.38. The second-order valence-electron chi connectivity index (χ2n) is 4.17. The first kappa shape index (κ1) is 14.7. The Morgan fingerprint density at radius 3 is 2.85 bits per heavy atom. The van der Waals surface area contributed by atoms with Crippen LogP contribution in [0.15, 0.2) is 28.9 Å². The number of rotatable bonds is 4. The van der Waals surface area contributed by atoms with Crippen LogP contribution in [0, 0.1) is 5.82 Å².